The van der Waals surface area contributed by atoms with E-state index in [-0.39, 0.29) is 17.4 Å². The largest absolute Gasteiger partial charge is 0.473 e. The molecule has 1 aromatic heterocycles. The first-order chi connectivity index (χ1) is 9.49. The van der Waals surface area contributed by atoms with Crippen LogP contribution in [0.2, 0.25) is 0 Å². The average molecular weight is 282 g/mol. The van der Waals surface area contributed by atoms with E-state index in [1.807, 2.05) is 27.7 Å². The molecule has 0 saturated carbocycles. The van der Waals surface area contributed by atoms with Gasteiger partial charge in [0, 0.05) is 13.0 Å². The standard InChI is InChI=1S/C13H22N4O3/c1-5-7-20-13-11(17(18)19)12(14-6-2)15-10(16-13)8-9(3)4/h9H,5-8H2,1-4H3,(H,14,15,16). The van der Waals surface area contributed by atoms with Gasteiger partial charge in [0.1, 0.15) is 5.82 Å². The van der Waals surface area contributed by atoms with Crippen LogP contribution in [0, 0.1) is 16.0 Å². The van der Waals surface area contributed by atoms with Crippen molar-refractivity contribution in [2.24, 2.45) is 5.92 Å². The topological polar surface area (TPSA) is 90.2 Å². The van der Waals surface area contributed by atoms with Crippen LogP contribution in [0.1, 0.15) is 39.9 Å². The Morgan fingerprint density at radius 3 is 2.55 bits per heavy atom. The van der Waals surface area contributed by atoms with E-state index in [0.29, 0.717) is 31.3 Å². The van der Waals surface area contributed by atoms with Gasteiger partial charge in [0.05, 0.1) is 11.5 Å². The molecule has 1 N–H and O–H groups in total. The second kappa shape index (κ2) is 7.62. The first kappa shape index (κ1) is 16.1. The van der Waals surface area contributed by atoms with E-state index in [2.05, 4.69) is 15.3 Å². The van der Waals surface area contributed by atoms with Gasteiger partial charge in [-0.3, -0.25) is 10.1 Å². The fourth-order valence-corrected chi connectivity index (χ4v) is 1.69. The van der Waals surface area contributed by atoms with Crippen molar-refractivity contribution in [1.82, 2.24) is 9.97 Å². The van der Waals surface area contributed by atoms with Gasteiger partial charge in [0.25, 0.3) is 5.88 Å². The first-order valence-electron chi connectivity index (χ1n) is 6.91. The Morgan fingerprint density at radius 2 is 2.05 bits per heavy atom. The number of nitrogens with zero attached hydrogens (tertiary/aromatic N) is 3. The summed E-state index contributed by atoms with van der Waals surface area (Å²) < 4.78 is 5.42. The van der Waals surface area contributed by atoms with Crippen LogP contribution < -0.4 is 10.1 Å². The van der Waals surface area contributed by atoms with Gasteiger partial charge in [-0.1, -0.05) is 20.8 Å². The molecule has 0 aliphatic heterocycles. The van der Waals surface area contributed by atoms with Crippen LogP contribution in [0.4, 0.5) is 11.5 Å². The van der Waals surface area contributed by atoms with Crippen LogP contribution in [0.15, 0.2) is 0 Å². The number of nitrogens with one attached hydrogen (secondary N) is 1. The number of aromatic nitrogens is 2. The number of rotatable bonds is 8. The fraction of sp³-hybridized carbons (Fsp3) is 0.692. The third-order valence-electron chi connectivity index (χ3n) is 2.46. The molecule has 0 spiro atoms. The predicted molar refractivity (Wildman–Crippen MR) is 77.2 cm³/mol. The molecule has 1 heterocycles. The van der Waals surface area contributed by atoms with Crippen LogP contribution in [0.3, 0.4) is 0 Å². The minimum absolute atomic E-state index is 0.0541. The van der Waals surface area contributed by atoms with Gasteiger partial charge in [-0.05, 0) is 19.3 Å². The highest BCUT2D eigenvalue weighted by molar-refractivity contribution is 5.61. The maximum atomic E-state index is 11.2. The number of ether oxygens (including phenoxy) is 1. The van der Waals surface area contributed by atoms with Crippen molar-refractivity contribution in [2.75, 3.05) is 18.5 Å². The Labute approximate surface area is 118 Å². The monoisotopic (exact) mass is 282 g/mol. The van der Waals surface area contributed by atoms with Crippen molar-refractivity contribution in [3.63, 3.8) is 0 Å². The summed E-state index contributed by atoms with van der Waals surface area (Å²) >= 11 is 0. The minimum Gasteiger partial charge on any atom is -0.473 e. The highest BCUT2D eigenvalue weighted by Gasteiger charge is 2.26. The molecule has 7 heteroatoms. The number of hydrogen-bond acceptors (Lipinski definition) is 6. The van der Waals surface area contributed by atoms with E-state index in [1.54, 1.807) is 0 Å². The van der Waals surface area contributed by atoms with Gasteiger partial charge < -0.3 is 10.1 Å². The lowest BCUT2D eigenvalue weighted by molar-refractivity contribution is -0.385. The first-order valence-corrected chi connectivity index (χ1v) is 6.91. The van der Waals surface area contributed by atoms with Gasteiger partial charge in [-0.15, -0.1) is 0 Å². The second-order valence-electron chi connectivity index (χ2n) is 4.88. The zero-order valence-electron chi connectivity index (χ0n) is 12.5. The SMILES string of the molecule is CCCOc1nc(CC(C)C)nc(NCC)c1[N+](=O)[O-]. The Balaban J connectivity index is 3.26. The third kappa shape index (κ3) is 4.32. The normalized spacial score (nSPS) is 10.7. The Hall–Kier alpha value is -1.92. The van der Waals surface area contributed by atoms with Crippen molar-refractivity contribution in [3.05, 3.63) is 15.9 Å². The molecular formula is C13H22N4O3. The Morgan fingerprint density at radius 1 is 1.35 bits per heavy atom. The van der Waals surface area contributed by atoms with Crippen molar-refractivity contribution in [3.8, 4) is 5.88 Å². The molecule has 7 nitrogen and oxygen atoms in total. The van der Waals surface area contributed by atoms with Gasteiger partial charge in [0.2, 0.25) is 5.82 Å². The molecule has 0 atom stereocenters. The lowest BCUT2D eigenvalue weighted by Crippen LogP contribution is -2.12. The van der Waals surface area contributed by atoms with Crippen LogP contribution in [-0.4, -0.2) is 28.0 Å². The Bertz CT molecular complexity index is 463. The predicted octanol–water partition coefficient (Wildman–Crippen LogP) is 2.80. The van der Waals surface area contributed by atoms with Crippen LogP contribution in [0.25, 0.3) is 0 Å². The quantitative estimate of drug-likeness (QED) is 0.582. The minimum atomic E-state index is -0.498. The molecule has 0 amide bonds. The molecule has 0 radical (unpaired) electrons. The van der Waals surface area contributed by atoms with E-state index in [9.17, 15) is 10.1 Å². The highest BCUT2D eigenvalue weighted by Crippen LogP contribution is 2.32. The van der Waals surface area contributed by atoms with E-state index >= 15 is 0 Å². The average Bonchev–Trinajstić information content (AvgIpc) is 2.35. The number of hydrogen-bond donors (Lipinski definition) is 1. The van der Waals surface area contributed by atoms with E-state index in [1.165, 1.54) is 0 Å². The van der Waals surface area contributed by atoms with E-state index in [0.717, 1.165) is 6.42 Å². The number of nitro groups is 1. The smallest absolute Gasteiger partial charge is 0.372 e. The molecular weight excluding hydrogens is 260 g/mol. The molecule has 0 fully saturated rings. The van der Waals surface area contributed by atoms with Crippen molar-refractivity contribution >= 4 is 11.5 Å². The van der Waals surface area contributed by atoms with Crippen LogP contribution in [-0.2, 0) is 6.42 Å². The maximum Gasteiger partial charge on any atom is 0.372 e. The van der Waals surface area contributed by atoms with Gasteiger partial charge in [-0.25, -0.2) is 4.98 Å². The zero-order chi connectivity index (χ0) is 15.1. The molecule has 1 aromatic rings. The fourth-order valence-electron chi connectivity index (χ4n) is 1.69. The molecule has 0 unspecified atom stereocenters. The molecule has 0 saturated heterocycles. The van der Waals surface area contributed by atoms with Crippen molar-refractivity contribution < 1.29 is 9.66 Å². The van der Waals surface area contributed by atoms with Gasteiger partial charge in [-0.2, -0.15) is 4.98 Å². The van der Waals surface area contributed by atoms with Crippen LogP contribution in [0.5, 0.6) is 5.88 Å². The lowest BCUT2D eigenvalue weighted by atomic mass is 10.1. The summed E-state index contributed by atoms with van der Waals surface area (Å²) in [5, 5.41) is 14.1. The molecule has 112 valence electrons. The van der Waals surface area contributed by atoms with Crippen molar-refractivity contribution in [1.29, 1.82) is 0 Å². The second-order valence-corrected chi connectivity index (χ2v) is 4.88. The Kier molecular flexibility index (Phi) is 6.14. The van der Waals surface area contributed by atoms with Gasteiger partial charge in [0.15, 0.2) is 0 Å². The molecule has 0 aliphatic rings. The third-order valence-corrected chi connectivity index (χ3v) is 2.46. The summed E-state index contributed by atoms with van der Waals surface area (Å²) in [6.07, 6.45) is 1.41. The van der Waals surface area contributed by atoms with Gasteiger partial charge >= 0.3 is 5.69 Å². The molecule has 1 rings (SSSR count). The summed E-state index contributed by atoms with van der Waals surface area (Å²) in [6, 6.07) is 0. The van der Waals surface area contributed by atoms with E-state index < -0.39 is 4.92 Å². The lowest BCUT2D eigenvalue weighted by Gasteiger charge is -2.11. The summed E-state index contributed by atoms with van der Waals surface area (Å²) in [6.45, 7) is 8.83. The van der Waals surface area contributed by atoms with E-state index in [4.69, 9.17) is 4.74 Å². The number of anilines is 1. The van der Waals surface area contributed by atoms with Crippen LogP contribution >= 0.6 is 0 Å². The maximum absolute atomic E-state index is 11.2. The summed E-state index contributed by atoms with van der Waals surface area (Å²) in [4.78, 5) is 19.2. The highest BCUT2D eigenvalue weighted by atomic mass is 16.6. The summed E-state index contributed by atoms with van der Waals surface area (Å²) in [7, 11) is 0. The summed E-state index contributed by atoms with van der Waals surface area (Å²) in [5.41, 5.74) is -0.187. The molecule has 20 heavy (non-hydrogen) atoms. The summed E-state index contributed by atoms with van der Waals surface area (Å²) in [5.74, 6) is 1.21. The van der Waals surface area contributed by atoms with Crippen molar-refractivity contribution in [2.45, 2.75) is 40.5 Å². The zero-order valence-corrected chi connectivity index (χ0v) is 12.5. The molecule has 0 aromatic carbocycles. The molecule has 0 aliphatic carbocycles. The molecule has 0 bridgehead atoms.